The number of hydrogen-bond donors (Lipinski definition) is 2. The normalized spacial score (nSPS) is 12.2. The predicted molar refractivity (Wildman–Crippen MR) is 82.1 cm³/mol. The lowest BCUT2D eigenvalue weighted by molar-refractivity contribution is -0.142. The molecule has 20 heavy (non-hydrogen) atoms. The van der Waals surface area contributed by atoms with Crippen molar-refractivity contribution in [2.75, 3.05) is 6.54 Å². The molecule has 1 aromatic carbocycles. The van der Waals surface area contributed by atoms with Crippen molar-refractivity contribution in [1.29, 1.82) is 0 Å². The molecule has 0 aromatic heterocycles. The van der Waals surface area contributed by atoms with Crippen molar-refractivity contribution < 1.29 is 14.7 Å². The molecule has 0 bridgehead atoms. The molecular formula is C14H17BrClNO3. The van der Waals surface area contributed by atoms with Gasteiger partial charge in [-0.25, -0.2) is 0 Å². The van der Waals surface area contributed by atoms with Crippen molar-refractivity contribution in [3.8, 4) is 0 Å². The number of aliphatic carboxylic acids is 1. The number of rotatable bonds is 6. The van der Waals surface area contributed by atoms with Crippen LogP contribution < -0.4 is 5.32 Å². The maximum atomic E-state index is 12.0. The van der Waals surface area contributed by atoms with E-state index < -0.39 is 11.9 Å². The highest BCUT2D eigenvalue weighted by Gasteiger charge is 2.20. The van der Waals surface area contributed by atoms with Crippen molar-refractivity contribution in [3.63, 3.8) is 0 Å². The van der Waals surface area contributed by atoms with Gasteiger partial charge in [0.15, 0.2) is 0 Å². The minimum Gasteiger partial charge on any atom is -0.481 e. The first kappa shape index (κ1) is 17.0. The second kappa shape index (κ2) is 7.64. The monoisotopic (exact) mass is 361 g/mol. The molecule has 6 heteroatoms. The van der Waals surface area contributed by atoms with Crippen molar-refractivity contribution in [2.24, 2.45) is 11.8 Å². The van der Waals surface area contributed by atoms with E-state index in [-0.39, 0.29) is 18.4 Å². The molecule has 1 rings (SSSR count). The fourth-order valence-corrected chi connectivity index (χ4v) is 2.39. The van der Waals surface area contributed by atoms with E-state index in [1.165, 1.54) is 0 Å². The third-order valence-electron chi connectivity index (χ3n) is 2.79. The number of amides is 1. The zero-order valence-electron chi connectivity index (χ0n) is 11.3. The SMILES string of the molecule is CC(C)CC(CNC(=O)c1cc(Br)ccc1Cl)C(=O)O. The number of halogens is 2. The zero-order valence-corrected chi connectivity index (χ0v) is 13.7. The van der Waals surface area contributed by atoms with Crippen LogP contribution in [0.4, 0.5) is 0 Å². The Bertz CT molecular complexity index is 505. The van der Waals surface area contributed by atoms with Gasteiger partial charge in [-0.05, 0) is 30.5 Å². The van der Waals surface area contributed by atoms with Crippen LogP contribution in [0.3, 0.4) is 0 Å². The first-order valence-corrected chi connectivity index (χ1v) is 7.44. The molecule has 0 spiro atoms. The Hall–Kier alpha value is -1.07. The van der Waals surface area contributed by atoms with Gasteiger partial charge in [0, 0.05) is 11.0 Å². The number of carboxylic acids is 1. The number of hydrogen-bond acceptors (Lipinski definition) is 2. The average molecular weight is 363 g/mol. The lowest BCUT2D eigenvalue weighted by atomic mass is 9.97. The smallest absolute Gasteiger partial charge is 0.308 e. The molecule has 0 fully saturated rings. The minimum absolute atomic E-state index is 0.0924. The molecule has 4 nitrogen and oxygen atoms in total. The summed E-state index contributed by atoms with van der Waals surface area (Å²) in [4.78, 5) is 23.1. The number of nitrogens with one attached hydrogen (secondary N) is 1. The van der Waals surface area contributed by atoms with E-state index in [0.29, 0.717) is 17.0 Å². The van der Waals surface area contributed by atoms with E-state index in [1.807, 2.05) is 13.8 Å². The van der Waals surface area contributed by atoms with Crippen LogP contribution in [-0.2, 0) is 4.79 Å². The zero-order chi connectivity index (χ0) is 15.3. The van der Waals surface area contributed by atoms with Crippen molar-refractivity contribution in [1.82, 2.24) is 5.32 Å². The Morgan fingerprint density at radius 2 is 2.05 bits per heavy atom. The van der Waals surface area contributed by atoms with Crippen LogP contribution >= 0.6 is 27.5 Å². The largest absolute Gasteiger partial charge is 0.481 e. The van der Waals surface area contributed by atoms with Gasteiger partial charge in [0.25, 0.3) is 5.91 Å². The third-order valence-corrected chi connectivity index (χ3v) is 3.61. The molecule has 1 aromatic rings. The number of carbonyl (C=O) groups excluding carboxylic acids is 1. The van der Waals surface area contributed by atoms with Crippen LogP contribution in [0.1, 0.15) is 30.6 Å². The van der Waals surface area contributed by atoms with Gasteiger partial charge in [-0.15, -0.1) is 0 Å². The predicted octanol–water partition coefficient (Wildman–Crippen LogP) is 3.58. The highest BCUT2D eigenvalue weighted by molar-refractivity contribution is 9.10. The summed E-state index contributed by atoms with van der Waals surface area (Å²) >= 11 is 9.22. The molecule has 0 aliphatic heterocycles. The molecule has 0 radical (unpaired) electrons. The van der Waals surface area contributed by atoms with Crippen LogP contribution in [0, 0.1) is 11.8 Å². The second-order valence-electron chi connectivity index (χ2n) is 5.00. The van der Waals surface area contributed by atoms with E-state index in [4.69, 9.17) is 16.7 Å². The van der Waals surface area contributed by atoms with Gasteiger partial charge < -0.3 is 10.4 Å². The van der Waals surface area contributed by atoms with E-state index in [2.05, 4.69) is 21.2 Å². The summed E-state index contributed by atoms with van der Waals surface area (Å²) in [5.74, 6) is -1.61. The standard InChI is InChI=1S/C14H17BrClNO3/c1-8(2)5-9(14(19)20)7-17-13(18)11-6-10(15)3-4-12(11)16/h3-4,6,8-9H,5,7H2,1-2H3,(H,17,18)(H,19,20). The molecule has 1 unspecified atom stereocenters. The summed E-state index contributed by atoms with van der Waals surface area (Å²) in [6.07, 6.45) is 0.516. The number of carbonyl (C=O) groups is 2. The van der Waals surface area contributed by atoms with Gasteiger partial charge >= 0.3 is 5.97 Å². The molecule has 0 saturated carbocycles. The average Bonchev–Trinajstić information content (AvgIpc) is 2.36. The van der Waals surface area contributed by atoms with Crippen LogP contribution in [0.25, 0.3) is 0 Å². The minimum atomic E-state index is -0.903. The Kier molecular flexibility index (Phi) is 6.49. The molecule has 1 amide bonds. The van der Waals surface area contributed by atoms with E-state index in [1.54, 1.807) is 18.2 Å². The van der Waals surface area contributed by atoms with E-state index >= 15 is 0 Å². The van der Waals surface area contributed by atoms with Gasteiger partial charge in [-0.3, -0.25) is 9.59 Å². The summed E-state index contributed by atoms with van der Waals surface area (Å²) in [5.41, 5.74) is 0.328. The molecule has 0 saturated heterocycles. The number of carboxylic acid groups (broad SMARTS) is 1. The topological polar surface area (TPSA) is 66.4 Å². The van der Waals surface area contributed by atoms with Crippen LogP contribution in [0.5, 0.6) is 0 Å². The lowest BCUT2D eigenvalue weighted by Crippen LogP contribution is -2.33. The lowest BCUT2D eigenvalue weighted by Gasteiger charge is -2.15. The fraction of sp³-hybridized carbons (Fsp3) is 0.429. The Morgan fingerprint density at radius 3 is 2.60 bits per heavy atom. The van der Waals surface area contributed by atoms with Gasteiger partial charge in [0.1, 0.15) is 0 Å². The second-order valence-corrected chi connectivity index (χ2v) is 6.32. The molecule has 0 aliphatic carbocycles. The first-order chi connectivity index (χ1) is 9.31. The van der Waals surface area contributed by atoms with Gasteiger partial charge in [-0.2, -0.15) is 0 Å². The molecule has 110 valence electrons. The highest BCUT2D eigenvalue weighted by Crippen LogP contribution is 2.21. The van der Waals surface area contributed by atoms with Crippen LogP contribution in [0.2, 0.25) is 5.02 Å². The van der Waals surface area contributed by atoms with Crippen molar-refractivity contribution in [2.45, 2.75) is 20.3 Å². The van der Waals surface area contributed by atoms with Gasteiger partial charge in [0.05, 0.1) is 16.5 Å². The summed E-state index contributed by atoms with van der Waals surface area (Å²) in [5, 5.41) is 12.1. The van der Waals surface area contributed by atoms with E-state index in [9.17, 15) is 9.59 Å². The van der Waals surface area contributed by atoms with Crippen molar-refractivity contribution >= 4 is 39.4 Å². The summed E-state index contributed by atoms with van der Waals surface area (Å²) in [6.45, 7) is 3.99. The van der Waals surface area contributed by atoms with Crippen molar-refractivity contribution in [3.05, 3.63) is 33.3 Å². The molecule has 2 N–H and O–H groups in total. The van der Waals surface area contributed by atoms with Crippen LogP contribution in [0.15, 0.2) is 22.7 Å². The van der Waals surface area contributed by atoms with Crippen LogP contribution in [-0.4, -0.2) is 23.5 Å². The first-order valence-electron chi connectivity index (χ1n) is 6.27. The maximum absolute atomic E-state index is 12.0. The summed E-state index contributed by atoms with van der Waals surface area (Å²) < 4.78 is 0.740. The van der Waals surface area contributed by atoms with Gasteiger partial charge in [0.2, 0.25) is 0 Å². The molecule has 0 aliphatic rings. The quantitative estimate of drug-likeness (QED) is 0.813. The molecular weight excluding hydrogens is 346 g/mol. The maximum Gasteiger partial charge on any atom is 0.308 e. The molecule has 1 atom stereocenters. The third kappa shape index (κ3) is 5.13. The highest BCUT2D eigenvalue weighted by atomic mass is 79.9. The van der Waals surface area contributed by atoms with Gasteiger partial charge in [-0.1, -0.05) is 41.4 Å². The fourth-order valence-electron chi connectivity index (χ4n) is 1.82. The van der Waals surface area contributed by atoms with E-state index in [0.717, 1.165) is 4.47 Å². The summed E-state index contributed by atoms with van der Waals surface area (Å²) in [6, 6.07) is 4.96. The Balaban J connectivity index is 2.70. The Morgan fingerprint density at radius 1 is 1.40 bits per heavy atom. The number of benzene rings is 1. The molecule has 0 heterocycles. The Labute approximate surface area is 131 Å². The summed E-state index contributed by atoms with van der Waals surface area (Å²) in [7, 11) is 0.